The number of alkyl halides is 3. The number of benzene rings is 2. The molecular weight excluding hydrogens is 453 g/mol. The highest BCUT2D eigenvalue weighted by atomic mass is 19.4. The second-order valence-electron chi connectivity index (χ2n) is 7.62. The minimum Gasteiger partial charge on any atom is -0.383 e. The Balaban J connectivity index is 1.84. The molecular formula is C24H14F5N5. The Hall–Kier alpha value is -4.21. The van der Waals surface area contributed by atoms with Crippen LogP contribution in [0.5, 0.6) is 0 Å². The summed E-state index contributed by atoms with van der Waals surface area (Å²) in [5.41, 5.74) is 4.22. The number of aliphatic imine (C=N–C) groups is 1. The van der Waals surface area contributed by atoms with Crippen LogP contribution in [0.15, 0.2) is 78.4 Å². The third-order valence-electron chi connectivity index (χ3n) is 5.67. The van der Waals surface area contributed by atoms with Crippen molar-refractivity contribution in [2.24, 2.45) is 10.7 Å². The number of aromatic nitrogens is 3. The number of nitrogens with zero attached hydrogens (tertiary/aromatic N) is 4. The highest BCUT2D eigenvalue weighted by Gasteiger charge is 2.45. The molecule has 0 aliphatic carbocycles. The molecule has 5 rings (SSSR count). The molecule has 34 heavy (non-hydrogen) atoms. The molecule has 2 aromatic heterocycles. The van der Waals surface area contributed by atoms with Gasteiger partial charge >= 0.3 is 6.18 Å². The third-order valence-corrected chi connectivity index (χ3v) is 5.67. The van der Waals surface area contributed by atoms with Crippen molar-refractivity contribution in [3.8, 4) is 11.1 Å². The van der Waals surface area contributed by atoms with Gasteiger partial charge < -0.3 is 5.73 Å². The minimum absolute atomic E-state index is 0.0261. The fourth-order valence-corrected chi connectivity index (χ4v) is 4.21. The molecule has 0 spiro atoms. The Labute approximate surface area is 189 Å². The minimum atomic E-state index is -4.73. The lowest BCUT2D eigenvalue weighted by molar-refractivity contribution is -0.141. The fourth-order valence-electron chi connectivity index (χ4n) is 4.21. The molecule has 0 saturated carbocycles. The predicted molar refractivity (Wildman–Crippen MR) is 114 cm³/mol. The largest absolute Gasteiger partial charge is 0.433 e. The summed E-state index contributed by atoms with van der Waals surface area (Å²) in [6.07, 6.45) is 0.346. The van der Waals surface area contributed by atoms with Crippen molar-refractivity contribution in [2.75, 3.05) is 0 Å². The van der Waals surface area contributed by atoms with E-state index in [9.17, 15) is 22.0 Å². The maximum absolute atomic E-state index is 14.8. The second kappa shape index (κ2) is 7.68. The normalized spacial score (nSPS) is 17.4. The first-order valence-electron chi connectivity index (χ1n) is 9.95. The number of hydrogen-bond acceptors (Lipinski definition) is 5. The van der Waals surface area contributed by atoms with Gasteiger partial charge in [0.25, 0.3) is 0 Å². The molecule has 2 N–H and O–H groups in total. The van der Waals surface area contributed by atoms with Crippen LogP contribution in [0, 0.1) is 11.6 Å². The number of rotatable bonds is 3. The van der Waals surface area contributed by atoms with Crippen LogP contribution in [0.3, 0.4) is 0 Å². The molecule has 170 valence electrons. The topological polar surface area (TPSA) is 77.0 Å². The van der Waals surface area contributed by atoms with E-state index in [1.54, 1.807) is 0 Å². The zero-order valence-electron chi connectivity index (χ0n) is 17.2. The van der Waals surface area contributed by atoms with E-state index in [1.165, 1.54) is 55.1 Å². The molecule has 4 aromatic rings. The zero-order chi connectivity index (χ0) is 24.1. The Morgan fingerprint density at radius 3 is 2.32 bits per heavy atom. The first-order chi connectivity index (χ1) is 16.2. The number of pyridine rings is 1. The van der Waals surface area contributed by atoms with E-state index in [0.29, 0.717) is 5.56 Å². The maximum Gasteiger partial charge on any atom is 0.433 e. The zero-order valence-corrected chi connectivity index (χ0v) is 17.2. The SMILES string of the molecule is NC1=N[C@@](c2ccnc(C(F)(F)F)c2)(c2ccc(F)c(-c3cncnc3)c2)c2cccc(F)c21. The molecule has 0 fully saturated rings. The molecule has 0 unspecified atom stereocenters. The highest BCUT2D eigenvalue weighted by molar-refractivity contribution is 6.03. The van der Waals surface area contributed by atoms with Gasteiger partial charge in [-0.25, -0.2) is 23.7 Å². The van der Waals surface area contributed by atoms with Crippen molar-refractivity contribution in [3.05, 3.63) is 113 Å². The van der Waals surface area contributed by atoms with Crippen molar-refractivity contribution < 1.29 is 22.0 Å². The van der Waals surface area contributed by atoms with Crippen molar-refractivity contribution in [1.29, 1.82) is 0 Å². The number of halogens is 5. The summed E-state index contributed by atoms with van der Waals surface area (Å²) >= 11 is 0. The number of amidine groups is 1. The summed E-state index contributed by atoms with van der Waals surface area (Å²) in [6.45, 7) is 0. The van der Waals surface area contributed by atoms with Crippen LogP contribution in [-0.2, 0) is 11.7 Å². The molecule has 0 bridgehead atoms. The van der Waals surface area contributed by atoms with E-state index in [2.05, 4.69) is 19.9 Å². The Morgan fingerprint density at radius 1 is 0.853 bits per heavy atom. The second-order valence-corrected chi connectivity index (χ2v) is 7.62. The van der Waals surface area contributed by atoms with Gasteiger partial charge in [-0.2, -0.15) is 13.2 Å². The van der Waals surface area contributed by atoms with Crippen LogP contribution in [0.2, 0.25) is 0 Å². The van der Waals surface area contributed by atoms with Crippen LogP contribution in [0.4, 0.5) is 22.0 Å². The lowest BCUT2D eigenvalue weighted by atomic mass is 9.77. The summed E-state index contributed by atoms with van der Waals surface area (Å²) < 4.78 is 70.1. The average Bonchev–Trinajstić information content (AvgIpc) is 3.14. The van der Waals surface area contributed by atoms with Crippen molar-refractivity contribution in [1.82, 2.24) is 15.0 Å². The lowest BCUT2D eigenvalue weighted by Crippen LogP contribution is -2.26. The van der Waals surface area contributed by atoms with Gasteiger partial charge in [0.05, 0.1) is 5.56 Å². The van der Waals surface area contributed by atoms with Crippen LogP contribution >= 0.6 is 0 Å². The molecule has 1 aliphatic heterocycles. The summed E-state index contributed by atoms with van der Waals surface area (Å²) in [6, 6.07) is 10.3. The average molecular weight is 467 g/mol. The van der Waals surface area contributed by atoms with Gasteiger partial charge in [-0.15, -0.1) is 0 Å². The summed E-state index contributed by atoms with van der Waals surface area (Å²) in [5, 5.41) is 0. The fraction of sp³-hybridized carbons (Fsp3) is 0.0833. The Bertz CT molecular complexity index is 1440. The van der Waals surface area contributed by atoms with Gasteiger partial charge in [0.2, 0.25) is 0 Å². The molecule has 2 aromatic carbocycles. The Kier molecular flexibility index (Phi) is 4.89. The van der Waals surface area contributed by atoms with Gasteiger partial charge in [0.15, 0.2) is 0 Å². The molecule has 1 aliphatic rings. The van der Waals surface area contributed by atoms with E-state index in [-0.39, 0.29) is 33.7 Å². The van der Waals surface area contributed by atoms with Crippen LogP contribution < -0.4 is 5.73 Å². The number of nitrogens with two attached hydrogens (primary N) is 1. The van der Waals surface area contributed by atoms with E-state index >= 15 is 0 Å². The van der Waals surface area contributed by atoms with E-state index < -0.39 is 29.0 Å². The molecule has 1 atom stereocenters. The summed E-state index contributed by atoms with van der Waals surface area (Å²) in [5.74, 6) is -1.47. The highest BCUT2D eigenvalue weighted by Crippen LogP contribution is 2.48. The maximum atomic E-state index is 14.8. The Morgan fingerprint density at radius 2 is 1.59 bits per heavy atom. The third kappa shape index (κ3) is 3.30. The molecule has 5 nitrogen and oxygen atoms in total. The van der Waals surface area contributed by atoms with Gasteiger partial charge in [-0.1, -0.05) is 18.2 Å². The summed E-state index contributed by atoms with van der Waals surface area (Å²) in [4.78, 5) is 15.7. The van der Waals surface area contributed by atoms with Crippen LogP contribution in [-0.4, -0.2) is 20.8 Å². The smallest absolute Gasteiger partial charge is 0.383 e. The summed E-state index contributed by atoms with van der Waals surface area (Å²) in [7, 11) is 0. The van der Waals surface area contributed by atoms with Gasteiger partial charge in [0, 0.05) is 35.3 Å². The predicted octanol–water partition coefficient (Wildman–Crippen LogP) is 4.85. The molecule has 10 heteroatoms. The molecule has 0 amide bonds. The van der Waals surface area contributed by atoms with Gasteiger partial charge in [-0.3, -0.25) is 4.98 Å². The van der Waals surface area contributed by atoms with Gasteiger partial charge in [0.1, 0.15) is 35.0 Å². The first kappa shape index (κ1) is 21.6. The molecule has 0 radical (unpaired) electrons. The monoisotopic (exact) mass is 467 g/mol. The van der Waals surface area contributed by atoms with Crippen LogP contribution in [0.25, 0.3) is 11.1 Å². The van der Waals surface area contributed by atoms with Crippen molar-refractivity contribution >= 4 is 5.84 Å². The van der Waals surface area contributed by atoms with Gasteiger partial charge in [-0.05, 0) is 41.5 Å². The van der Waals surface area contributed by atoms with Crippen molar-refractivity contribution in [2.45, 2.75) is 11.7 Å². The molecule has 0 saturated heterocycles. The van der Waals surface area contributed by atoms with E-state index in [4.69, 9.17) is 5.73 Å². The number of fused-ring (bicyclic) bond motifs is 1. The van der Waals surface area contributed by atoms with Crippen molar-refractivity contribution in [3.63, 3.8) is 0 Å². The molecule has 3 heterocycles. The lowest BCUT2D eigenvalue weighted by Gasteiger charge is -2.30. The first-order valence-corrected chi connectivity index (χ1v) is 9.95. The standard InChI is InChI=1S/C24H14F5N5/c25-18-5-4-14(8-16(18)13-10-31-12-32-11-13)23(15-6-7-33-20(9-15)24(27,28)29)17-2-1-3-19(26)21(17)22(30)34-23/h1-12H,(H2,30,34)/t23-/m1/s1. The van der Waals surface area contributed by atoms with E-state index in [1.807, 2.05) is 0 Å². The quantitative estimate of drug-likeness (QED) is 0.437. The van der Waals surface area contributed by atoms with Crippen LogP contribution in [0.1, 0.15) is 27.9 Å². The van der Waals surface area contributed by atoms with E-state index in [0.717, 1.165) is 18.3 Å². The number of hydrogen-bond donors (Lipinski definition) is 1.